The quantitative estimate of drug-likeness (QED) is 0.0788. The molecule has 0 spiro atoms. The van der Waals surface area contributed by atoms with Crippen molar-refractivity contribution in [1.82, 2.24) is 0 Å². The van der Waals surface area contributed by atoms with Gasteiger partial charge in [-0.2, -0.15) is 11.8 Å². The molecule has 0 amide bonds. The fourth-order valence-corrected chi connectivity index (χ4v) is 7.36. The Balaban J connectivity index is 2.47. The van der Waals surface area contributed by atoms with Gasteiger partial charge in [0.05, 0.1) is 18.9 Å². The van der Waals surface area contributed by atoms with Crippen molar-refractivity contribution in [3.8, 4) is 0 Å². The predicted octanol–water partition coefficient (Wildman–Crippen LogP) is 7.10. The molecule has 36 heavy (non-hydrogen) atoms. The Morgan fingerprint density at radius 2 is 1.69 bits per heavy atom. The Labute approximate surface area is 223 Å². The van der Waals surface area contributed by atoms with Crippen LogP contribution in [0.2, 0.25) is 0 Å². The van der Waals surface area contributed by atoms with E-state index in [4.69, 9.17) is 9.26 Å². The normalized spacial score (nSPS) is 18.9. The summed E-state index contributed by atoms with van der Waals surface area (Å²) in [5.74, 6) is 1.91. The van der Waals surface area contributed by atoms with Crippen molar-refractivity contribution in [2.45, 2.75) is 122 Å². The van der Waals surface area contributed by atoms with Gasteiger partial charge in [-0.1, -0.05) is 64.7 Å². The molecular formula is C27H51O7PS. The highest BCUT2D eigenvalue weighted by Crippen LogP contribution is 2.44. The third kappa shape index (κ3) is 15.8. The van der Waals surface area contributed by atoms with Gasteiger partial charge in [0.25, 0.3) is 0 Å². The van der Waals surface area contributed by atoms with Crippen LogP contribution in [0.15, 0.2) is 0 Å². The van der Waals surface area contributed by atoms with E-state index < -0.39 is 25.8 Å². The summed E-state index contributed by atoms with van der Waals surface area (Å²) in [6, 6.07) is 0. The topological polar surface area (TPSA) is 110 Å². The smallest absolute Gasteiger partial charge is 0.333 e. The maximum atomic E-state index is 12.3. The molecule has 0 aliphatic heterocycles. The van der Waals surface area contributed by atoms with Crippen molar-refractivity contribution < 1.29 is 33.4 Å². The maximum absolute atomic E-state index is 12.3. The third-order valence-electron chi connectivity index (χ3n) is 7.09. The third-order valence-corrected chi connectivity index (χ3v) is 9.63. The number of thioether (sulfide) groups is 1. The number of carboxylic acids is 1. The standard InChI is InChI=1S/C27H51O7PS/c1-3-19-33-35(31,32)22-26(27(29)30)34-23(2)25(24-15-9-7-10-16-24)17-11-5-4-6-13-20-36-21-14-8-12-18-28/h18,23-26H,3-17,19-22H2,1-2H3,(H,29,30)(H,31,32). The van der Waals surface area contributed by atoms with Crippen LogP contribution in [0, 0.1) is 11.8 Å². The van der Waals surface area contributed by atoms with Crippen LogP contribution in [-0.2, 0) is 23.4 Å². The lowest BCUT2D eigenvalue weighted by molar-refractivity contribution is -0.155. The Kier molecular flexibility index (Phi) is 19.2. The second-order valence-corrected chi connectivity index (χ2v) is 13.3. The fourth-order valence-electron chi connectivity index (χ4n) is 5.10. The zero-order chi connectivity index (χ0) is 26.7. The second-order valence-electron chi connectivity index (χ2n) is 10.2. The van der Waals surface area contributed by atoms with Crippen molar-refractivity contribution in [3.63, 3.8) is 0 Å². The molecule has 4 unspecified atom stereocenters. The maximum Gasteiger partial charge on any atom is 0.333 e. The summed E-state index contributed by atoms with van der Waals surface area (Å²) in [7, 11) is -4.01. The van der Waals surface area contributed by atoms with E-state index in [1.807, 2.05) is 25.6 Å². The molecular weight excluding hydrogens is 499 g/mol. The first-order valence-corrected chi connectivity index (χ1v) is 17.1. The van der Waals surface area contributed by atoms with Crippen molar-refractivity contribution in [3.05, 3.63) is 0 Å². The second kappa shape index (κ2) is 20.5. The average Bonchev–Trinajstić information content (AvgIpc) is 2.85. The van der Waals surface area contributed by atoms with E-state index >= 15 is 0 Å². The molecule has 9 heteroatoms. The van der Waals surface area contributed by atoms with E-state index in [-0.39, 0.29) is 18.6 Å². The van der Waals surface area contributed by atoms with Crippen LogP contribution >= 0.6 is 19.4 Å². The van der Waals surface area contributed by atoms with Gasteiger partial charge in [0, 0.05) is 6.42 Å². The number of hydrogen-bond acceptors (Lipinski definition) is 6. The number of hydrogen-bond donors (Lipinski definition) is 2. The van der Waals surface area contributed by atoms with E-state index in [1.54, 1.807) is 0 Å². The van der Waals surface area contributed by atoms with Gasteiger partial charge in [-0.25, -0.2) is 4.79 Å². The van der Waals surface area contributed by atoms with Gasteiger partial charge in [-0.15, -0.1) is 0 Å². The van der Waals surface area contributed by atoms with E-state index in [0.717, 1.165) is 50.6 Å². The molecule has 1 aliphatic rings. The molecule has 0 aromatic rings. The van der Waals surface area contributed by atoms with Crippen LogP contribution in [0.1, 0.15) is 110 Å². The summed E-state index contributed by atoms with van der Waals surface area (Å²) in [6.07, 6.45) is 15.2. The number of carboxylic acid groups (broad SMARTS) is 1. The van der Waals surface area contributed by atoms with Gasteiger partial charge in [0.2, 0.25) is 0 Å². The van der Waals surface area contributed by atoms with Crippen LogP contribution in [0.25, 0.3) is 0 Å². The molecule has 4 atom stereocenters. The van der Waals surface area contributed by atoms with Crippen LogP contribution < -0.4 is 0 Å². The van der Waals surface area contributed by atoms with Gasteiger partial charge in [-0.05, 0) is 62.4 Å². The summed E-state index contributed by atoms with van der Waals surface area (Å²) in [6.45, 7) is 3.90. The average molecular weight is 551 g/mol. The number of ether oxygens (including phenoxy) is 1. The van der Waals surface area contributed by atoms with Gasteiger partial charge < -0.3 is 24.1 Å². The highest BCUT2D eigenvalue weighted by molar-refractivity contribution is 7.99. The first kappa shape index (κ1) is 33.6. The van der Waals surface area contributed by atoms with Crippen LogP contribution in [0.5, 0.6) is 0 Å². The highest BCUT2D eigenvalue weighted by atomic mass is 32.2. The number of carbonyl (C=O) groups is 2. The molecule has 0 aromatic heterocycles. The number of unbranched alkanes of at least 4 members (excludes halogenated alkanes) is 6. The van der Waals surface area contributed by atoms with E-state index in [9.17, 15) is 24.2 Å². The molecule has 1 aliphatic carbocycles. The van der Waals surface area contributed by atoms with Crippen molar-refractivity contribution in [1.29, 1.82) is 0 Å². The van der Waals surface area contributed by atoms with E-state index in [2.05, 4.69) is 0 Å². The molecule has 0 bridgehead atoms. The van der Waals surface area contributed by atoms with Crippen molar-refractivity contribution >= 4 is 31.6 Å². The number of aliphatic carboxylic acids is 1. The predicted molar refractivity (Wildman–Crippen MR) is 148 cm³/mol. The van der Waals surface area contributed by atoms with Gasteiger partial charge in [-0.3, -0.25) is 4.57 Å². The molecule has 1 saturated carbocycles. The minimum absolute atomic E-state index is 0.125. The summed E-state index contributed by atoms with van der Waals surface area (Å²) in [5.41, 5.74) is 0. The largest absolute Gasteiger partial charge is 0.479 e. The molecule has 7 nitrogen and oxygen atoms in total. The van der Waals surface area contributed by atoms with E-state index in [0.29, 0.717) is 18.8 Å². The Morgan fingerprint density at radius 1 is 1.06 bits per heavy atom. The zero-order valence-corrected chi connectivity index (χ0v) is 24.3. The number of aldehydes is 1. The highest BCUT2D eigenvalue weighted by Gasteiger charge is 2.35. The van der Waals surface area contributed by atoms with Gasteiger partial charge in [0.1, 0.15) is 6.29 Å². The number of rotatable bonds is 23. The van der Waals surface area contributed by atoms with E-state index in [1.165, 1.54) is 50.7 Å². The lowest BCUT2D eigenvalue weighted by Crippen LogP contribution is -2.37. The summed E-state index contributed by atoms with van der Waals surface area (Å²) in [4.78, 5) is 32.2. The molecule has 0 radical (unpaired) electrons. The minimum Gasteiger partial charge on any atom is -0.479 e. The molecule has 212 valence electrons. The van der Waals surface area contributed by atoms with Gasteiger partial charge in [0.15, 0.2) is 6.10 Å². The molecule has 0 heterocycles. The summed E-state index contributed by atoms with van der Waals surface area (Å²) >= 11 is 1.98. The molecule has 0 aromatic carbocycles. The van der Waals surface area contributed by atoms with Crippen molar-refractivity contribution in [2.75, 3.05) is 24.3 Å². The Hall–Kier alpha value is -0.400. The molecule has 2 N–H and O–H groups in total. The Morgan fingerprint density at radius 3 is 2.33 bits per heavy atom. The van der Waals surface area contributed by atoms with Crippen molar-refractivity contribution in [2.24, 2.45) is 11.8 Å². The van der Waals surface area contributed by atoms with Crippen LogP contribution in [0.4, 0.5) is 0 Å². The number of carbonyl (C=O) groups excluding carboxylic acids is 1. The van der Waals surface area contributed by atoms with Gasteiger partial charge >= 0.3 is 13.6 Å². The molecule has 1 fully saturated rings. The van der Waals surface area contributed by atoms with Crippen LogP contribution in [0.3, 0.4) is 0 Å². The summed E-state index contributed by atoms with van der Waals surface area (Å²) < 4.78 is 23.3. The van der Waals surface area contributed by atoms with Crippen LogP contribution in [-0.4, -0.2) is 58.7 Å². The fraction of sp³-hybridized carbons (Fsp3) is 0.926. The monoisotopic (exact) mass is 550 g/mol. The lowest BCUT2D eigenvalue weighted by atomic mass is 9.75. The molecule has 1 rings (SSSR count). The first-order chi connectivity index (χ1) is 17.3. The minimum atomic E-state index is -4.01. The lowest BCUT2D eigenvalue weighted by Gasteiger charge is -2.35. The first-order valence-electron chi connectivity index (χ1n) is 14.2. The summed E-state index contributed by atoms with van der Waals surface area (Å²) in [5, 5.41) is 9.66. The molecule has 0 saturated heterocycles. The SMILES string of the molecule is CCCOP(=O)(O)CC(OC(C)C(CCCCCCCSCCCCC=O)C1CCCCC1)C(=O)O. The Bertz CT molecular complexity index is 627. The zero-order valence-electron chi connectivity index (χ0n) is 22.6.